The molecule has 5 heteroatoms. The van der Waals surface area contributed by atoms with E-state index in [9.17, 15) is 4.79 Å². The van der Waals surface area contributed by atoms with E-state index in [-0.39, 0.29) is 0 Å². The number of rotatable bonds is 4. The van der Waals surface area contributed by atoms with E-state index in [1.165, 1.54) is 38.8 Å². The number of nitrogens with zero attached hydrogens (tertiary/aromatic N) is 2. The smallest absolute Gasteiger partial charge is 0.235 e. The summed E-state index contributed by atoms with van der Waals surface area (Å²) in [6.45, 7) is 5.17. The molecule has 2 aliphatic rings. The van der Waals surface area contributed by atoms with Crippen LogP contribution >= 0.6 is 0 Å². The van der Waals surface area contributed by atoms with Crippen LogP contribution in [0.2, 0.25) is 0 Å². The van der Waals surface area contributed by atoms with Crippen molar-refractivity contribution in [1.82, 2.24) is 9.80 Å². The van der Waals surface area contributed by atoms with Gasteiger partial charge in [0.1, 0.15) is 0 Å². The van der Waals surface area contributed by atoms with Crippen molar-refractivity contribution in [3.63, 3.8) is 0 Å². The summed E-state index contributed by atoms with van der Waals surface area (Å²) in [6, 6.07) is 0.144. The van der Waals surface area contributed by atoms with Gasteiger partial charge in [0, 0.05) is 19.1 Å². The van der Waals surface area contributed by atoms with Gasteiger partial charge in [-0.2, -0.15) is 0 Å². The quantitative estimate of drug-likeness (QED) is 0.685. The van der Waals surface area contributed by atoms with Crippen LogP contribution in [0.4, 0.5) is 0 Å². The molecule has 0 aliphatic carbocycles. The summed E-state index contributed by atoms with van der Waals surface area (Å²) < 4.78 is 0. The lowest BCUT2D eigenvalue weighted by Gasteiger charge is -2.32. The van der Waals surface area contributed by atoms with Crippen LogP contribution in [0.5, 0.6) is 0 Å². The Balaban J connectivity index is 1.76. The van der Waals surface area contributed by atoms with Crippen molar-refractivity contribution >= 4 is 5.91 Å². The van der Waals surface area contributed by atoms with E-state index in [1.807, 2.05) is 0 Å². The van der Waals surface area contributed by atoms with E-state index in [0.29, 0.717) is 12.6 Å². The molecule has 2 aliphatic heterocycles. The molecule has 2 unspecified atom stereocenters. The number of primary amides is 1. The van der Waals surface area contributed by atoms with Crippen LogP contribution in [0, 0.1) is 0 Å². The summed E-state index contributed by atoms with van der Waals surface area (Å²) in [5, 5.41) is 0. The van der Waals surface area contributed by atoms with Crippen molar-refractivity contribution in [2.24, 2.45) is 11.5 Å². The van der Waals surface area contributed by atoms with Gasteiger partial charge in [-0.3, -0.25) is 14.6 Å². The van der Waals surface area contributed by atoms with Crippen LogP contribution in [0.1, 0.15) is 25.7 Å². The summed E-state index contributed by atoms with van der Waals surface area (Å²) >= 11 is 0. The lowest BCUT2D eigenvalue weighted by Crippen LogP contribution is -2.46. The van der Waals surface area contributed by atoms with Gasteiger partial charge in [-0.05, 0) is 38.9 Å². The van der Waals surface area contributed by atoms with Crippen molar-refractivity contribution in [1.29, 1.82) is 0 Å². The molecule has 2 heterocycles. The Bertz CT molecular complexity index is 265. The van der Waals surface area contributed by atoms with Crippen molar-refractivity contribution in [3.8, 4) is 0 Å². The predicted molar refractivity (Wildman–Crippen MR) is 67.4 cm³/mol. The number of amides is 1. The second kappa shape index (κ2) is 5.80. The highest BCUT2D eigenvalue weighted by atomic mass is 16.1. The summed E-state index contributed by atoms with van der Waals surface area (Å²) in [7, 11) is 0. The molecule has 2 fully saturated rings. The fourth-order valence-corrected chi connectivity index (χ4v) is 2.93. The highest BCUT2D eigenvalue weighted by molar-refractivity contribution is 5.79. The summed E-state index contributed by atoms with van der Waals surface area (Å²) in [5.41, 5.74) is 10.9. The van der Waals surface area contributed by atoms with E-state index in [1.54, 1.807) is 0 Å². The van der Waals surface area contributed by atoms with Gasteiger partial charge in [-0.1, -0.05) is 6.42 Å². The molecule has 0 radical (unpaired) electrons. The number of hydrogen-bond acceptors (Lipinski definition) is 4. The molecular weight excluding hydrogens is 216 g/mol. The molecular formula is C12H24N4O. The highest BCUT2D eigenvalue weighted by Crippen LogP contribution is 2.19. The normalized spacial score (nSPS) is 29.4. The molecule has 2 saturated heterocycles. The molecule has 0 aromatic heterocycles. The van der Waals surface area contributed by atoms with Gasteiger partial charge in [-0.25, -0.2) is 0 Å². The van der Waals surface area contributed by atoms with Gasteiger partial charge in [0.05, 0.1) is 6.04 Å². The van der Waals surface area contributed by atoms with E-state index in [0.717, 1.165) is 13.1 Å². The van der Waals surface area contributed by atoms with Gasteiger partial charge in [0.25, 0.3) is 0 Å². The molecule has 0 saturated carbocycles. The molecule has 0 bridgehead atoms. The maximum absolute atomic E-state index is 10.9. The average molecular weight is 240 g/mol. The maximum atomic E-state index is 10.9. The Kier molecular flexibility index (Phi) is 4.36. The van der Waals surface area contributed by atoms with Gasteiger partial charge < -0.3 is 11.5 Å². The average Bonchev–Trinajstić information content (AvgIpc) is 2.78. The van der Waals surface area contributed by atoms with Gasteiger partial charge in [0.2, 0.25) is 5.91 Å². The van der Waals surface area contributed by atoms with Crippen molar-refractivity contribution in [2.45, 2.75) is 37.8 Å². The number of hydrogen-bond donors (Lipinski definition) is 2. The first-order valence-corrected chi connectivity index (χ1v) is 6.68. The van der Waals surface area contributed by atoms with Crippen molar-refractivity contribution in [3.05, 3.63) is 0 Å². The lowest BCUT2D eigenvalue weighted by atomic mass is 10.1. The van der Waals surface area contributed by atoms with E-state index in [4.69, 9.17) is 11.5 Å². The third kappa shape index (κ3) is 3.40. The van der Waals surface area contributed by atoms with Crippen LogP contribution in [0.15, 0.2) is 0 Å². The second-order valence-corrected chi connectivity index (χ2v) is 5.31. The molecule has 98 valence electrons. The molecule has 5 nitrogen and oxygen atoms in total. The zero-order chi connectivity index (χ0) is 12.3. The third-order valence-electron chi connectivity index (χ3n) is 3.97. The minimum atomic E-state index is -0.518. The molecule has 0 spiro atoms. The molecule has 0 aromatic carbocycles. The summed E-state index contributed by atoms with van der Waals surface area (Å²) in [6.07, 6.45) is 5.24. The molecule has 2 atom stereocenters. The molecule has 0 aromatic rings. The summed E-state index contributed by atoms with van der Waals surface area (Å²) in [4.78, 5) is 15.8. The second-order valence-electron chi connectivity index (χ2n) is 5.31. The fraction of sp³-hybridized carbons (Fsp3) is 0.917. The number of likely N-dealkylation sites (tertiary alicyclic amines) is 2. The minimum Gasteiger partial charge on any atom is -0.368 e. The first-order valence-electron chi connectivity index (χ1n) is 6.68. The van der Waals surface area contributed by atoms with Crippen LogP contribution in [-0.4, -0.2) is 60.5 Å². The molecule has 2 rings (SSSR count). The largest absolute Gasteiger partial charge is 0.368 e. The Hall–Kier alpha value is -0.650. The zero-order valence-electron chi connectivity index (χ0n) is 10.5. The standard InChI is InChI=1S/C12H24N4O/c13-11(12(14)17)9-15-7-4-10(8-15)16-5-2-1-3-6-16/h10-11H,1-9,13H2,(H2,14,17). The molecule has 4 N–H and O–H groups in total. The monoisotopic (exact) mass is 240 g/mol. The van der Waals surface area contributed by atoms with Crippen LogP contribution in [-0.2, 0) is 4.79 Å². The van der Waals surface area contributed by atoms with Crippen LogP contribution < -0.4 is 11.5 Å². The Labute approximate surface area is 103 Å². The fourth-order valence-electron chi connectivity index (χ4n) is 2.93. The third-order valence-corrected chi connectivity index (χ3v) is 3.97. The van der Waals surface area contributed by atoms with Crippen molar-refractivity contribution < 1.29 is 4.79 Å². The van der Waals surface area contributed by atoms with E-state index >= 15 is 0 Å². The number of piperidine rings is 1. The predicted octanol–water partition coefficient (Wildman–Crippen LogP) is -0.641. The van der Waals surface area contributed by atoms with Gasteiger partial charge in [-0.15, -0.1) is 0 Å². The molecule has 17 heavy (non-hydrogen) atoms. The highest BCUT2D eigenvalue weighted by Gasteiger charge is 2.29. The maximum Gasteiger partial charge on any atom is 0.235 e. The Morgan fingerprint density at radius 1 is 1.24 bits per heavy atom. The van der Waals surface area contributed by atoms with Gasteiger partial charge in [0.15, 0.2) is 0 Å². The van der Waals surface area contributed by atoms with Gasteiger partial charge >= 0.3 is 0 Å². The number of nitrogens with two attached hydrogens (primary N) is 2. The van der Waals surface area contributed by atoms with Crippen molar-refractivity contribution in [2.75, 3.05) is 32.7 Å². The number of carbonyl (C=O) groups is 1. The number of carbonyl (C=O) groups excluding carboxylic acids is 1. The minimum absolute atomic E-state index is 0.397. The van der Waals surface area contributed by atoms with E-state index in [2.05, 4.69) is 9.80 Å². The SMILES string of the molecule is NC(=O)C(N)CN1CCC(N2CCCCC2)C1. The Morgan fingerprint density at radius 2 is 1.94 bits per heavy atom. The first kappa shape index (κ1) is 12.8. The molecule has 1 amide bonds. The zero-order valence-corrected chi connectivity index (χ0v) is 10.5. The lowest BCUT2D eigenvalue weighted by molar-refractivity contribution is -0.119. The van der Waals surface area contributed by atoms with Crippen LogP contribution in [0.25, 0.3) is 0 Å². The first-order chi connectivity index (χ1) is 8.16. The van der Waals surface area contributed by atoms with Crippen LogP contribution in [0.3, 0.4) is 0 Å². The summed E-state index contributed by atoms with van der Waals surface area (Å²) in [5.74, 6) is -0.397. The van der Waals surface area contributed by atoms with E-state index < -0.39 is 11.9 Å². The Morgan fingerprint density at radius 3 is 2.59 bits per heavy atom. The topological polar surface area (TPSA) is 75.6 Å².